The maximum atomic E-state index is 13.5. The Balaban J connectivity index is 2.02. The molecule has 0 radical (unpaired) electrons. The van der Waals surface area contributed by atoms with E-state index in [2.05, 4.69) is 24.5 Å². The predicted octanol–water partition coefficient (Wildman–Crippen LogP) is 4.14. The molecule has 0 saturated heterocycles. The van der Waals surface area contributed by atoms with Crippen LogP contribution < -0.4 is 10.6 Å². The maximum Gasteiger partial charge on any atom is 0.243 e. The molecule has 0 heterocycles. The number of carbonyl (C=O) groups excluding carboxylic acids is 1. The molecule has 0 aliphatic heterocycles. The minimum atomic E-state index is -0.795. The first kappa shape index (κ1) is 15.9. The van der Waals surface area contributed by atoms with Gasteiger partial charge in [-0.2, -0.15) is 0 Å². The van der Waals surface area contributed by atoms with Gasteiger partial charge in [-0.25, -0.2) is 8.78 Å². The summed E-state index contributed by atoms with van der Waals surface area (Å²) in [5, 5.41) is 5.24. The van der Waals surface area contributed by atoms with Crippen molar-refractivity contribution in [3.05, 3.63) is 59.7 Å². The molecule has 5 heteroatoms. The van der Waals surface area contributed by atoms with Gasteiger partial charge >= 0.3 is 0 Å². The summed E-state index contributed by atoms with van der Waals surface area (Å²) in [6.07, 6.45) is 0. The number of hydrogen-bond acceptors (Lipinski definition) is 2. The zero-order chi connectivity index (χ0) is 16.1. The number of nitrogens with one attached hydrogen (secondary N) is 2. The molecule has 2 rings (SSSR count). The van der Waals surface area contributed by atoms with Gasteiger partial charge in [0.05, 0.1) is 6.54 Å². The summed E-state index contributed by atoms with van der Waals surface area (Å²) < 4.78 is 26.9. The van der Waals surface area contributed by atoms with Crippen LogP contribution in [-0.2, 0) is 4.79 Å². The monoisotopic (exact) mass is 304 g/mol. The van der Waals surface area contributed by atoms with Crippen LogP contribution in [0.4, 0.5) is 20.2 Å². The quantitative estimate of drug-likeness (QED) is 0.871. The Bertz CT molecular complexity index is 651. The average molecular weight is 304 g/mol. The van der Waals surface area contributed by atoms with E-state index in [-0.39, 0.29) is 6.54 Å². The van der Waals surface area contributed by atoms with Crippen molar-refractivity contribution in [3.8, 4) is 0 Å². The van der Waals surface area contributed by atoms with E-state index in [9.17, 15) is 13.6 Å². The van der Waals surface area contributed by atoms with Crippen LogP contribution in [0.15, 0.2) is 42.5 Å². The zero-order valence-corrected chi connectivity index (χ0v) is 12.5. The first-order valence-electron chi connectivity index (χ1n) is 7.05. The molecule has 0 aliphatic carbocycles. The van der Waals surface area contributed by atoms with Gasteiger partial charge in [0.1, 0.15) is 17.3 Å². The minimum Gasteiger partial charge on any atom is -0.376 e. The molecule has 0 aromatic heterocycles. The van der Waals surface area contributed by atoms with E-state index in [1.54, 1.807) is 0 Å². The topological polar surface area (TPSA) is 41.1 Å². The summed E-state index contributed by atoms with van der Waals surface area (Å²) >= 11 is 0. The highest BCUT2D eigenvalue weighted by Gasteiger charge is 2.12. The highest BCUT2D eigenvalue weighted by Crippen LogP contribution is 2.23. The molecule has 0 unspecified atom stereocenters. The Morgan fingerprint density at radius 3 is 2.32 bits per heavy atom. The van der Waals surface area contributed by atoms with Crippen LogP contribution in [-0.4, -0.2) is 12.5 Å². The van der Waals surface area contributed by atoms with Crippen molar-refractivity contribution in [3.63, 3.8) is 0 Å². The van der Waals surface area contributed by atoms with Gasteiger partial charge in [-0.05, 0) is 29.7 Å². The number of amides is 1. The van der Waals surface area contributed by atoms with E-state index in [0.717, 1.165) is 23.4 Å². The third-order valence-corrected chi connectivity index (χ3v) is 3.25. The first-order valence-corrected chi connectivity index (χ1v) is 7.05. The fraction of sp³-hybridized carbons (Fsp3) is 0.235. The minimum absolute atomic E-state index is 0.0719. The third kappa shape index (κ3) is 3.81. The summed E-state index contributed by atoms with van der Waals surface area (Å²) in [6, 6.07) is 11.1. The van der Waals surface area contributed by atoms with Crippen LogP contribution >= 0.6 is 0 Å². The normalized spacial score (nSPS) is 10.6. The van der Waals surface area contributed by atoms with Gasteiger partial charge in [-0.1, -0.05) is 38.1 Å². The number of carbonyl (C=O) groups is 1. The first-order chi connectivity index (χ1) is 10.5. The smallest absolute Gasteiger partial charge is 0.243 e. The fourth-order valence-corrected chi connectivity index (χ4v) is 2.14. The van der Waals surface area contributed by atoms with Crippen LogP contribution in [0.2, 0.25) is 0 Å². The van der Waals surface area contributed by atoms with Gasteiger partial charge in [-0.15, -0.1) is 0 Å². The molecule has 22 heavy (non-hydrogen) atoms. The summed E-state index contributed by atoms with van der Waals surface area (Å²) in [5.41, 5.74) is 1.49. The lowest BCUT2D eigenvalue weighted by molar-refractivity contribution is -0.114. The van der Waals surface area contributed by atoms with Crippen molar-refractivity contribution in [2.45, 2.75) is 19.8 Å². The number of rotatable bonds is 5. The summed E-state index contributed by atoms with van der Waals surface area (Å²) in [7, 11) is 0. The molecule has 0 fully saturated rings. The van der Waals surface area contributed by atoms with Gasteiger partial charge in [0.25, 0.3) is 0 Å². The van der Waals surface area contributed by atoms with Gasteiger partial charge in [0, 0.05) is 5.69 Å². The average Bonchev–Trinajstić information content (AvgIpc) is 2.49. The molecule has 0 aliphatic rings. The second kappa shape index (κ2) is 7.02. The van der Waals surface area contributed by atoms with Crippen molar-refractivity contribution in [2.75, 3.05) is 17.2 Å². The molecular weight excluding hydrogens is 286 g/mol. The predicted molar refractivity (Wildman–Crippen MR) is 84.0 cm³/mol. The lowest BCUT2D eigenvalue weighted by atomic mass is 10.0. The largest absolute Gasteiger partial charge is 0.376 e. The lowest BCUT2D eigenvalue weighted by Crippen LogP contribution is -2.23. The summed E-state index contributed by atoms with van der Waals surface area (Å²) in [6.45, 7) is 4.03. The van der Waals surface area contributed by atoms with E-state index in [4.69, 9.17) is 0 Å². The van der Waals surface area contributed by atoms with Crippen molar-refractivity contribution in [2.24, 2.45) is 0 Å². The number of benzene rings is 2. The Morgan fingerprint density at radius 2 is 1.68 bits per heavy atom. The Morgan fingerprint density at radius 1 is 1.05 bits per heavy atom. The second-order valence-electron chi connectivity index (χ2n) is 5.24. The van der Waals surface area contributed by atoms with E-state index in [1.165, 1.54) is 6.07 Å². The van der Waals surface area contributed by atoms with E-state index in [0.29, 0.717) is 5.92 Å². The van der Waals surface area contributed by atoms with Crippen molar-refractivity contribution >= 4 is 17.3 Å². The number of halogens is 2. The van der Waals surface area contributed by atoms with Crippen LogP contribution in [0.1, 0.15) is 25.3 Å². The van der Waals surface area contributed by atoms with Crippen LogP contribution in [0.5, 0.6) is 0 Å². The molecule has 2 aromatic carbocycles. The Kier molecular flexibility index (Phi) is 5.09. The molecule has 0 saturated carbocycles. The Hall–Kier alpha value is -2.43. The zero-order valence-electron chi connectivity index (χ0n) is 12.5. The number of para-hydroxylation sites is 2. The second-order valence-corrected chi connectivity index (χ2v) is 5.24. The number of anilines is 2. The van der Waals surface area contributed by atoms with E-state index in [1.807, 2.05) is 24.3 Å². The summed E-state index contributed by atoms with van der Waals surface area (Å²) in [5.74, 6) is -1.80. The molecule has 0 spiro atoms. The maximum absolute atomic E-state index is 13.5. The number of hydrogen-bond donors (Lipinski definition) is 2. The van der Waals surface area contributed by atoms with Gasteiger partial charge in [0.15, 0.2) is 0 Å². The fourth-order valence-electron chi connectivity index (χ4n) is 2.14. The molecule has 1 amide bonds. The van der Waals surface area contributed by atoms with E-state index < -0.39 is 23.2 Å². The molecule has 0 atom stereocenters. The highest BCUT2D eigenvalue weighted by molar-refractivity contribution is 5.94. The lowest BCUT2D eigenvalue weighted by Gasteiger charge is -2.14. The van der Waals surface area contributed by atoms with Crippen LogP contribution in [0.3, 0.4) is 0 Å². The molecule has 2 N–H and O–H groups in total. The van der Waals surface area contributed by atoms with Crippen molar-refractivity contribution in [1.82, 2.24) is 0 Å². The standard InChI is InChI=1S/C17H18F2N2O/c1-11(2)12-6-3-4-9-15(12)20-10-16(22)21-17-13(18)7-5-8-14(17)19/h3-9,11,20H,10H2,1-2H3,(H,21,22). The third-order valence-electron chi connectivity index (χ3n) is 3.25. The van der Waals surface area contributed by atoms with E-state index >= 15 is 0 Å². The van der Waals surface area contributed by atoms with Crippen LogP contribution in [0.25, 0.3) is 0 Å². The molecular formula is C17H18F2N2O. The van der Waals surface area contributed by atoms with Gasteiger partial charge in [-0.3, -0.25) is 4.79 Å². The molecule has 116 valence electrons. The van der Waals surface area contributed by atoms with Crippen molar-refractivity contribution < 1.29 is 13.6 Å². The Labute approximate surface area is 128 Å². The molecule has 2 aromatic rings. The van der Waals surface area contributed by atoms with Gasteiger partial charge < -0.3 is 10.6 Å². The molecule has 0 bridgehead atoms. The van der Waals surface area contributed by atoms with Crippen LogP contribution in [0, 0.1) is 11.6 Å². The SMILES string of the molecule is CC(C)c1ccccc1NCC(=O)Nc1c(F)cccc1F. The summed E-state index contributed by atoms with van der Waals surface area (Å²) in [4.78, 5) is 11.9. The van der Waals surface area contributed by atoms with Crippen molar-refractivity contribution in [1.29, 1.82) is 0 Å². The molecule has 3 nitrogen and oxygen atoms in total. The van der Waals surface area contributed by atoms with Gasteiger partial charge in [0.2, 0.25) is 5.91 Å². The highest BCUT2D eigenvalue weighted by atomic mass is 19.1.